The second-order valence-corrected chi connectivity index (χ2v) is 4.64. The summed E-state index contributed by atoms with van der Waals surface area (Å²) in [5, 5.41) is 3.29. The van der Waals surface area contributed by atoms with Crippen molar-refractivity contribution in [1.82, 2.24) is 5.32 Å². The van der Waals surface area contributed by atoms with E-state index in [0.717, 1.165) is 13.0 Å². The molecule has 0 saturated carbocycles. The number of nitrogens with one attached hydrogen (secondary N) is 1. The first kappa shape index (κ1) is 10.5. The lowest BCUT2D eigenvalue weighted by Gasteiger charge is -2.18. The van der Waals surface area contributed by atoms with Gasteiger partial charge in [0.1, 0.15) is 6.61 Å². The second kappa shape index (κ2) is 4.09. The van der Waals surface area contributed by atoms with Gasteiger partial charge in [-0.05, 0) is 40.2 Å². The number of carbonyl (C=O) groups excluding carboxylic acids is 1. The molecule has 3 nitrogen and oxygen atoms in total. The van der Waals surface area contributed by atoms with E-state index in [9.17, 15) is 4.79 Å². The number of hydrogen-bond donors (Lipinski definition) is 1. The Bertz CT molecular complexity index is 178. The van der Waals surface area contributed by atoms with Crippen LogP contribution in [0.1, 0.15) is 33.6 Å². The van der Waals surface area contributed by atoms with E-state index in [-0.39, 0.29) is 11.4 Å². The highest BCUT2D eigenvalue weighted by Gasteiger charge is 2.24. The highest BCUT2D eigenvalue weighted by Crippen LogP contribution is 2.16. The fourth-order valence-corrected chi connectivity index (χ4v) is 1.29. The van der Waals surface area contributed by atoms with Gasteiger partial charge in [-0.3, -0.25) is 4.79 Å². The molecule has 76 valence electrons. The van der Waals surface area contributed by atoms with Crippen molar-refractivity contribution in [2.75, 3.05) is 13.2 Å². The van der Waals surface area contributed by atoms with Gasteiger partial charge in [0.05, 0.1) is 5.41 Å². The summed E-state index contributed by atoms with van der Waals surface area (Å²) in [5.74, 6) is -0.110. The number of rotatable bonds is 2. The van der Waals surface area contributed by atoms with Crippen molar-refractivity contribution in [2.24, 2.45) is 5.41 Å². The van der Waals surface area contributed by atoms with E-state index >= 15 is 0 Å². The van der Waals surface area contributed by atoms with Gasteiger partial charge in [0.15, 0.2) is 0 Å². The topological polar surface area (TPSA) is 38.3 Å². The molecular weight excluding hydrogens is 166 g/mol. The van der Waals surface area contributed by atoms with Crippen molar-refractivity contribution < 1.29 is 9.53 Å². The average Bonchev–Trinajstić information content (AvgIpc) is 2.50. The molecule has 13 heavy (non-hydrogen) atoms. The van der Waals surface area contributed by atoms with Crippen LogP contribution in [-0.4, -0.2) is 25.2 Å². The molecule has 0 aromatic rings. The van der Waals surface area contributed by atoms with Crippen LogP contribution in [0.25, 0.3) is 0 Å². The third-order valence-corrected chi connectivity index (χ3v) is 2.19. The fraction of sp³-hybridized carbons (Fsp3) is 0.900. The molecule has 1 rings (SSSR count). The van der Waals surface area contributed by atoms with Crippen LogP contribution in [0.4, 0.5) is 0 Å². The zero-order chi connectivity index (χ0) is 9.90. The quantitative estimate of drug-likeness (QED) is 0.659. The van der Waals surface area contributed by atoms with Gasteiger partial charge in [-0.25, -0.2) is 0 Å². The maximum absolute atomic E-state index is 11.4. The van der Waals surface area contributed by atoms with Gasteiger partial charge in [0, 0.05) is 6.04 Å². The molecule has 1 fully saturated rings. The molecule has 1 N–H and O–H groups in total. The van der Waals surface area contributed by atoms with Crippen LogP contribution in [-0.2, 0) is 9.53 Å². The molecule has 0 amide bonds. The monoisotopic (exact) mass is 185 g/mol. The minimum absolute atomic E-state index is 0.110. The number of hydrogen-bond acceptors (Lipinski definition) is 3. The molecule has 0 aliphatic carbocycles. The van der Waals surface area contributed by atoms with Crippen molar-refractivity contribution >= 4 is 5.97 Å². The van der Waals surface area contributed by atoms with Crippen LogP contribution >= 0.6 is 0 Å². The predicted octanol–water partition coefficient (Wildman–Crippen LogP) is 1.33. The van der Waals surface area contributed by atoms with E-state index in [1.54, 1.807) is 0 Å². The average molecular weight is 185 g/mol. The predicted molar refractivity (Wildman–Crippen MR) is 51.4 cm³/mol. The molecule has 1 aliphatic rings. The Kier molecular flexibility index (Phi) is 3.31. The summed E-state index contributed by atoms with van der Waals surface area (Å²) in [5.41, 5.74) is -0.376. The molecule has 0 radical (unpaired) electrons. The molecular formula is C10H19NO2. The van der Waals surface area contributed by atoms with Crippen molar-refractivity contribution in [3.8, 4) is 0 Å². The summed E-state index contributed by atoms with van der Waals surface area (Å²) in [6, 6.07) is 0.381. The fourth-order valence-electron chi connectivity index (χ4n) is 1.29. The lowest BCUT2D eigenvalue weighted by molar-refractivity contribution is -0.153. The summed E-state index contributed by atoms with van der Waals surface area (Å²) in [4.78, 5) is 11.4. The molecule has 0 bridgehead atoms. The standard InChI is InChI=1S/C10H19NO2/c1-10(2,3)9(12)13-7-8-5-4-6-11-8/h8,11H,4-7H2,1-3H3/t8-/m1/s1. The highest BCUT2D eigenvalue weighted by atomic mass is 16.5. The SMILES string of the molecule is CC(C)(C)C(=O)OC[C@H]1CCCN1. The van der Waals surface area contributed by atoms with Crippen LogP contribution in [0.15, 0.2) is 0 Å². The maximum Gasteiger partial charge on any atom is 0.311 e. The third-order valence-electron chi connectivity index (χ3n) is 2.19. The van der Waals surface area contributed by atoms with Crippen molar-refractivity contribution in [3.63, 3.8) is 0 Å². The molecule has 0 aromatic heterocycles. The minimum Gasteiger partial charge on any atom is -0.464 e. The first-order valence-corrected chi connectivity index (χ1v) is 4.91. The number of ether oxygens (including phenoxy) is 1. The molecule has 1 heterocycles. The van der Waals surface area contributed by atoms with Gasteiger partial charge in [-0.2, -0.15) is 0 Å². The van der Waals surface area contributed by atoms with Crippen LogP contribution in [0.5, 0.6) is 0 Å². The smallest absolute Gasteiger partial charge is 0.311 e. The first-order chi connectivity index (χ1) is 6.00. The second-order valence-electron chi connectivity index (χ2n) is 4.64. The molecule has 1 saturated heterocycles. The van der Waals surface area contributed by atoms with Gasteiger partial charge in [-0.1, -0.05) is 0 Å². The van der Waals surface area contributed by atoms with E-state index in [0.29, 0.717) is 12.6 Å². The summed E-state index contributed by atoms with van der Waals surface area (Å²) >= 11 is 0. The van der Waals surface area contributed by atoms with Crippen LogP contribution in [0, 0.1) is 5.41 Å². The normalized spacial score (nSPS) is 23.2. The summed E-state index contributed by atoms with van der Waals surface area (Å²) in [6.45, 7) is 7.19. The first-order valence-electron chi connectivity index (χ1n) is 4.91. The Labute approximate surface area is 79.8 Å². The Morgan fingerprint density at radius 3 is 2.69 bits per heavy atom. The molecule has 1 atom stereocenters. The Balaban J connectivity index is 2.22. The molecule has 0 unspecified atom stereocenters. The van der Waals surface area contributed by atoms with Crippen LogP contribution in [0.2, 0.25) is 0 Å². The largest absolute Gasteiger partial charge is 0.464 e. The van der Waals surface area contributed by atoms with Gasteiger partial charge in [0.2, 0.25) is 0 Å². The van der Waals surface area contributed by atoms with Crippen LogP contribution in [0.3, 0.4) is 0 Å². The Morgan fingerprint density at radius 2 is 2.23 bits per heavy atom. The summed E-state index contributed by atoms with van der Waals surface area (Å²) in [7, 11) is 0. The van der Waals surface area contributed by atoms with E-state index in [1.807, 2.05) is 20.8 Å². The summed E-state index contributed by atoms with van der Waals surface area (Å²) in [6.07, 6.45) is 2.31. The minimum atomic E-state index is -0.376. The Hall–Kier alpha value is -0.570. The lowest BCUT2D eigenvalue weighted by Crippen LogP contribution is -2.31. The zero-order valence-electron chi connectivity index (χ0n) is 8.72. The molecule has 0 aromatic carbocycles. The number of carbonyl (C=O) groups is 1. The lowest BCUT2D eigenvalue weighted by atomic mass is 9.97. The van der Waals surface area contributed by atoms with Crippen molar-refractivity contribution in [2.45, 2.75) is 39.7 Å². The van der Waals surface area contributed by atoms with Gasteiger partial charge in [0.25, 0.3) is 0 Å². The zero-order valence-corrected chi connectivity index (χ0v) is 8.72. The van der Waals surface area contributed by atoms with Crippen molar-refractivity contribution in [3.05, 3.63) is 0 Å². The molecule has 3 heteroatoms. The molecule has 1 aliphatic heterocycles. The van der Waals surface area contributed by atoms with E-state index in [1.165, 1.54) is 6.42 Å². The van der Waals surface area contributed by atoms with Crippen molar-refractivity contribution in [1.29, 1.82) is 0 Å². The van der Waals surface area contributed by atoms with Crippen LogP contribution < -0.4 is 5.32 Å². The third kappa shape index (κ3) is 3.35. The highest BCUT2D eigenvalue weighted by molar-refractivity contribution is 5.75. The van der Waals surface area contributed by atoms with Gasteiger partial charge < -0.3 is 10.1 Å². The Morgan fingerprint density at radius 1 is 1.54 bits per heavy atom. The number of esters is 1. The van der Waals surface area contributed by atoms with E-state index in [2.05, 4.69) is 5.32 Å². The van der Waals surface area contributed by atoms with Gasteiger partial charge >= 0.3 is 5.97 Å². The maximum atomic E-state index is 11.4. The summed E-state index contributed by atoms with van der Waals surface area (Å²) < 4.78 is 5.19. The van der Waals surface area contributed by atoms with E-state index in [4.69, 9.17) is 4.74 Å². The molecule has 0 spiro atoms. The van der Waals surface area contributed by atoms with E-state index < -0.39 is 0 Å². The van der Waals surface area contributed by atoms with Gasteiger partial charge in [-0.15, -0.1) is 0 Å².